The minimum absolute atomic E-state index is 0.471. The summed E-state index contributed by atoms with van der Waals surface area (Å²) < 4.78 is 0. The molecule has 10 heavy (non-hydrogen) atoms. The van der Waals surface area contributed by atoms with Crippen molar-refractivity contribution in [2.24, 2.45) is 0 Å². The van der Waals surface area contributed by atoms with Crippen LogP contribution in [0.25, 0.3) is 0 Å². The van der Waals surface area contributed by atoms with Crippen LogP contribution < -0.4 is 0 Å². The fourth-order valence-corrected chi connectivity index (χ4v) is 0.438. The van der Waals surface area contributed by atoms with Crippen molar-refractivity contribution in [3.8, 4) is 0 Å². The molecule has 0 fully saturated rings. The Balaban J connectivity index is 3.69. The molecule has 0 spiro atoms. The Bertz CT molecular complexity index is 113. The summed E-state index contributed by atoms with van der Waals surface area (Å²) in [5.74, 6) is -0.565. The molecule has 60 valence electrons. The first kappa shape index (κ1) is 9.51. The fraction of sp³-hybridized carbons (Fsp3) is 0.800. The van der Waals surface area contributed by atoms with Crippen LogP contribution in [0, 0.1) is 0 Å². The fourth-order valence-electron chi connectivity index (χ4n) is 0.438. The van der Waals surface area contributed by atoms with Gasteiger partial charge in [0.2, 0.25) is 0 Å². The van der Waals surface area contributed by atoms with Crippen molar-refractivity contribution in [3.63, 3.8) is 0 Å². The summed E-state index contributed by atoms with van der Waals surface area (Å²) in [5.41, 5.74) is 0. The van der Waals surface area contributed by atoms with E-state index in [0.29, 0.717) is 0 Å². The van der Waals surface area contributed by atoms with E-state index in [1.54, 1.807) is 0 Å². The van der Waals surface area contributed by atoms with Crippen LogP contribution in [0.4, 0.5) is 0 Å². The standard InChI is InChI=1S/C5H10O5/c1-3(6)5(8)4(7)2-10-9/h4-5,7-9H,2H2,1H3. The third-order valence-electron chi connectivity index (χ3n) is 1.03. The zero-order valence-electron chi connectivity index (χ0n) is 5.52. The summed E-state index contributed by atoms with van der Waals surface area (Å²) in [4.78, 5) is 13.8. The molecule has 3 N–H and O–H groups in total. The van der Waals surface area contributed by atoms with Gasteiger partial charge in [-0.2, -0.15) is 0 Å². The normalized spacial score (nSPS) is 16.4. The molecule has 0 amide bonds. The molecule has 0 bridgehead atoms. The SMILES string of the molecule is CC(=O)C(O)C(O)COO. The van der Waals surface area contributed by atoms with Gasteiger partial charge in [0.05, 0.1) is 0 Å². The van der Waals surface area contributed by atoms with Crippen molar-refractivity contribution in [1.29, 1.82) is 0 Å². The highest BCUT2D eigenvalue weighted by molar-refractivity contribution is 5.80. The molecule has 0 aromatic heterocycles. The van der Waals surface area contributed by atoms with Gasteiger partial charge in [-0.1, -0.05) is 0 Å². The van der Waals surface area contributed by atoms with E-state index in [-0.39, 0.29) is 0 Å². The van der Waals surface area contributed by atoms with Crippen molar-refractivity contribution in [1.82, 2.24) is 0 Å². The Kier molecular flexibility index (Phi) is 4.13. The van der Waals surface area contributed by atoms with E-state index in [1.807, 2.05) is 0 Å². The molecule has 0 rings (SSSR count). The van der Waals surface area contributed by atoms with Crippen LogP contribution in [-0.4, -0.2) is 40.1 Å². The molecule has 2 atom stereocenters. The molecule has 5 nitrogen and oxygen atoms in total. The Hall–Kier alpha value is -0.490. The molecule has 0 aliphatic rings. The van der Waals surface area contributed by atoms with E-state index >= 15 is 0 Å². The Labute approximate surface area is 57.8 Å². The van der Waals surface area contributed by atoms with Crippen molar-refractivity contribution in [2.45, 2.75) is 19.1 Å². The average Bonchev–Trinajstić information content (AvgIpc) is 1.87. The maximum Gasteiger partial charge on any atom is 0.160 e. The van der Waals surface area contributed by atoms with Gasteiger partial charge in [-0.15, -0.1) is 0 Å². The first-order chi connectivity index (χ1) is 4.59. The molecule has 0 radical (unpaired) electrons. The quantitative estimate of drug-likeness (QED) is 0.345. The molecule has 5 heteroatoms. The molecule has 0 heterocycles. The number of carbonyl (C=O) groups is 1. The lowest BCUT2D eigenvalue weighted by Crippen LogP contribution is -2.35. The highest BCUT2D eigenvalue weighted by atomic mass is 17.1. The Morgan fingerprint density at radius 1 is 1.60 bits per heavy atom. The number of hydrogen-bond acceptors (Lipinski definition) is 5. The Morgan fingerprint density at radius 3 is 2.40 bits per heavy atom. The molecule has 0 aliphatic carbocycles. The first-order valence-electron chi connectivity index (χ1n) is 2.72. The summed E-state index contributed by atoms with van der Waals surface area (Å²) in [6, 6.07) is 0. The molecular formula is C5H10O5. The van der Waals surface area contributed by atoms with Crippen LogP contribution in [0.15, 0.2) is 0 Å². The summed E-state index contributed by atoms with van der Waals surface area (Å²) in [7, 11) is 0. The van der Waals surface area contributed by atoms with E-state index in [9.17, 15) is 4.79 Å². The zero-order valence-corrected chi connectivity index (χ0v) is 5.52. The van der Waals surface area contributed by atoms with Crippen molar-refractivity contribution < 1.29 is 25.2 Å². The number of aliphatic hydroxyl groups is 2. The average molecular weight is 150 g/mol. The number of ketones is 1. The van der Waals surface area contributed by atoms with Crippen molar-refractivity contribution in [2.75, 3.05) is 6.61 Å². The van der Waals surface area contributed by atoms with Gasteiger partial charge in [-0.05, 0) is 6.92 Å². The second-order valence-corrected chi connectivity index (χ2v) is 1.92. The van der Waals surface area contributed by atoms with E-state index in [4.69, 9.17) is 15.5 Å². The minimum Gasteiger partial charge on any atom is -0.387 e. The molecule has 0 aliphatic heterocycles. The van der Waals surface area contributed by atoms with Crippen LogP contribution >= 0.6 is 0 Å². The topological polar surface area (TPSA) is 87.0 Å². The highest BCUT2D eigenvalue weighted by Gasteiger charge is 2.20. The third-order valence-corrected chi connectivity index (χ3v) is 1.03. The lowest BCUT2D eigenvalue weighted by molar-refractivity contribution is -0.261. The molecule has 0 aromatic carbocycles. The van der Waals surface area contributed by atoms with Crippen LogP contribution in [0.1, 0.15) is 6.92 Å². The van der Waals surface area contributed by atoms with Gasteiger partial charge < -0.3 is 10.2 Å². The summed E-state index contributed by atoms with van der Waals surface area (Å²) in [6.45, 7) is 0.659. The van der Waals surface area contributed by atoms with Gasteiger partial charge in [0.25, 0.3) is 0 Å². The largest absolute Gasteiger partial charge is 0.387 e. The van der Waals surface area contributed by atoms with Crippen LogP contribution in [-0.2, 0) is 9.68 Å². The summed E-state index contributed by atoms with van der Waals surface area (Å²) >= 11 is 0. The first-order valence-corrected chi connectivity index (χ1v) is 2.72. The van der Waals surface area contributed by atoms with Gasteiger partial charge in [0.15, 0.2) is 5.78 Å². The van der Waals surface area contributed by atoms with Crippen molar-refractivity contribution >= 4 is 5.78 Å². The van der Waals surface area contributed by atoms with Gasteiger partial charge in [0, 0.05) is 0 Å². The van der Waals surface area contributed by atoms with E-state index in [1.165, 1.54) is 0 Å². The summed E-state index contributed by atoms with van der Waals surface area (Å²) in [5, 5.41) is 25.3. The molecule has 2 unspecified atom stereocenters. The maximum atomic E-state index is 10.3. The van der Waals surface area contributed by atoms with Crippen molar-refractivity contribution in [3.05, 3.63) is 0 Å². The lowest BCUT2D eigenvalue weighted by Gasteiger charge is -2.11. The van der Waals surface area contributed by atoms with Gasteiger partial charge in [0.1, 0.15) is 18.8 Å². The van der Waals surface area contributed by atoms with Gasteiger partial charge in [-0.3, -0.25) is 10.1 Å². The van der Waals surface area contributed by atoms with E-state index in [2.05, 4.69) is 4.89 Å². The minimum atomic E-state index is -1.48. The van der Waals surface area contributed by atoms with E-state index in [0.717, 1.165) is 6.92 Å². The number of carbonyl (C=O) groups excluding carboxylic acids is 1. The molecule has 0 saturated carbocycles. The molecule has 0 saturated heterocycles. The third kappa shape index (κ3) is 2.88. The number of Topliss-reactive ketones (excluding diaryl/α,β-unsaturated/α-hetero) is 1. The second-order valence-electron chi connectivity index (χ2n) is 1.92. The monoisotopic (exact) mass is 150 g/mol. The summed E-state index contributed by atoms with van der Waals surface area (Å²) in [6.07, 6.45) is -2.84. The predicted octanol–water partition coefficient (Wildman–Crippen LogP) is -1.21. The smallest absolute Gasteiger partial charge is 0.160 e. The molecule has 0 aromatic rings. The Morgan fingerprint density at radius 2 is 2.10 bits per heavy atom. The lowest BCUT2D eigenvalue weighted by atomic mass is 10.1. The highest BCUT2D eigenvalue weighted by Crippen LogP contribution is 1.94. The van der Waals surface area contributed by atoms with Crippen LogP contribution in [0.5, 0.6) is 0 Å². The number of rotatable bonds is 4. The van der Waals surface area contributed by atoms with E-state index < -0.39 is 24.6 Å². The zero-order chi connectivity index (χ0) is 8.15. The number of aliphatic hydroxyl groups excluding tert-OH is 2. The maximum absolute atomic E-state index is 10.3. The number of hydrogen-bond donors (Lipinski definition) is 3. The van der Waals surface area contributed by atoms with Crippen LogP contribution in [0.2, 0.25) is 0 Å². The molecular weight excluding hydrogens is 140 g/mol. The van der Waals surface area contributed by atoms with Gasteiger partial charge >= 0.3 is 0 Å². The van der Waals surface area contributed by atoms with Gasteiger partial charge in [-0.25, -0.2) is 4.89 Å². The second kappa shape index (κ2) is 4.35. The predicted molar refractivity (Wildman–Crippen MR) is 31.3 cm³/mol. The van der Waals surface area contributed by atoms with Crippen LogP contribution in [0.3, 0.4) is 0 Å².